The van der Waals surface area contributed by atoms with E-state index < -0.39 is 64.0 Å². The molecule has 1 saturated heterocycles. The molecule has 0 bridgehead atoms. The lowest BCUT2D eigenvalue weighted by Crippen LogP contribution is -2.64. The molecule has 0 radical (unpaired) electrons. The van der Waals surface area contributed by atoms with Gasteiger partial charge < -0.3 is 51.8 Å². The zero-order chi connectivity index (χ0) is 45.5. The number of aromatic amines is 1. The number of esters is 1. The molecule has 9 rings (SSSR count). The number of aliphatic hydroxyl groups is 6. The van der Waals surface area contributed by atoms with Crippen molar-refractivity contribution in [2.75, 3.05) is 19.8 Å². The first-order valence-electron chi connectivity index (χ1n) is 24.3. The van der Waals surface area contributed by atoms with Crippen LogP contribution in [0.1, 0.15) is 116 Å². The molecule has 1 aromatic rings. The molecule has 0 amide bonds. The van der Waals surface area contributed by atoms with Gasteiger partial charge in [-0.1, -0.05) is 31.4 Å². The predicted octanol–water partition coefficient (Wildman–Crippen LogP) is 3.87. The van der Waals surface area contributed by atoms with Crippen LogP contribution in [0.5, 0.6) is 0 Å². The van der Waals surface area contributed by atoms with Gasteiger partial charge >= 0.3 is 5.97 Å². The van der Waals surface area contributed by atoms with Crippen LogP contribution in [0.4, 0.5) is 0 Å². The number of carbonyl (C=O) groups excluding carboxylic acids is 2. The fourth-order valence-electron chi connectivity index (χ4n) is 16.0. The van der Waals surface area contributed by atoms with Crippen molar-refractivity contribution >= 4 is 17.7 Å². The summed E-state index contributed by atoms with van der Waals surface area (Å²) in [5.41, 5.74) is 9.41. The molecule has 2 heterocycles. The number of allylic oxidation sites excluding steroid dienone is 3. The van der Waals surface area contributed by atoms with Crippen LogP contribution in [-0.4, -0.2) is 103 Å². The Hall–Kier alpha value is -3.51. The summed E-state index contributed by atoms with van der Waals surface area (Å²) in [6.07, 6.45) is 11.0. The third kappa shape index (κ3) is 7.32. The van der Waals surface area contributed by atoms with Crippen LogP contribution in [0.3, 0.4) is 0 Å². The number of ketones is 1. The van der Waals surface area contributed by atoms with Crippen LogP contribution in [0.15, 0.2) is 46.8 Å². The van der Waals surface area contributed by atoms with Gasteiger partial charge in [0, 0.05) is 61.1 Å². The van der Waals surface area contributed by atoms with Crippen LogP contribution >= 0.6 is 0 Å². The van der Waals surface area contributed by atoms with Gasteiger partial charge in [-0.05, 0) is 154 Å². The zero-order valence-electron chi connectivity index (χ0n) is 37.9. The van der Waals surface area contributed by atoms with Crippen molar-refractivity contribution in [3.63, 3.8) is 0 Å². The monoisotopic (exact) mass is 885 g/mol. The first-order chi connectivity index (χ1) is 30.4. The van der Waals surface area contributed by atoms with E-state index in [1.54, 1.807) is 13.0 Å². The number of aliphatic hydroxyl groups excluding tert-OH is 4. The van der Waals surface area contributed by atoms with Gasteiger partial charge in [0.15, 0.2) is 11.7 Å². The molecule has 4 saturated carbocycles. The van der Waals surface area contributed by atoms with Gasteiger partial charge in [0.05, 0.1) is 42.0 Å². The highest BCUT2D eigenvalue weighted by atomic mass is 16.5. The van der Waals surface area contributed by atoms with E-state index in [0.29, 0.717) is 30.8 Å². The molecule has 0 aromatic carbocycles. The Labute approximate surface area is 377 Å². The van der Waals surface area contributed by atoms with Gasteiger partial charge in [0.25, 0.3) is 0 Å². The Morgan fingerprint density at radius 3 is 2.53 bits per heavy atom. The Bertz CT molecular complexity index is 2100. The lowest BCUT2D eigenvalue weighted by Gasteiger charge is -2.61. The minimum atomic E-state index is -1.80. The molecular weight excluding hydrogens is 813 g/mol. The molecule has 11 N–H and O–H groups in total. The standard InChI is InChI=1S/C51H72N4O9/c1-27-7-8-28-9-10-33-32(25-56)19-43(60)49(3,62)45-30(6-4-5-29(18-35(33)34(28)17-27)36-26-64-46(61)44(36)31-12-15-54-24-31)22-51(63)38-20-40(57)39-21-41(58)42(59)23-48(39,2)37(38)11-13-50(45,51)14-16-55-47(52)53/h9,12,15,20,24,27,29-30,32-37,39,41-45,54,56,58-60,62-63H,6-8,10-11,13-14,16-19,21-23,25-26H2,1-3H3,(H4,52,53,55). The summed E-state index contributed by atoms with van der Waals surface area (Å²) in [7, 11) is 0. The highest BCUT2D eigenvalue weighted by Gasteiger charge is 2.73. The molecule has 13 nitrogen and oxygen atoms in total. The number of fused-ring (bicyclic) bond motifs is 10. The second-order valence-electron chi connectivity index (χ2n) is 22.3. The third-order valence-electron chi connectivity index (χ3n) is 19.1. The summed E-state index contributed by atoms with van der Waals surface area (Å²) in [5.74, 6) is 4.31. The van der Waals surface area contributed by atoms with Crippen LogP contribution in [0.25, 0.3) is 0 Å². The first kappa shape index (κ1) is 45.6. The smallest absolute Gasteiger partial charge is 0.313 e. The second kappa shape index (κ2) is 17.0. The fraction of sp³-hybridized carbons (Fsp3) is 0.745. The average Bonchev–Trinajstić information content (AvgIpc) is 3.97. The van der Waals surface area contributed by atoms with Crippen molar-refractivity contribution in [3.05, 3.63) is 47.3 Å². The number of nitrogens with zero attached hydrogens (tertiary/aromatic N) is 1. The number of carbonyl (C=O) groups is 2. The van der Waals surface area contributed by atoms with Gasteiger partial charge in [-0.2, -0.15) is 0 Å². The summed E-state index contributed by atoms with van der Waals surface area (Å²) in [5, 5.41) is 72.9. The topological polar surface area (TPSA) is 245 Å². The molecule has 64 heavy (non-hydrogen) atoms. The van der Waals surface area contributed by atoms with Crippen LogP contribution in [-0.2, 0) is 14.3 Å². The van der Waals surface area contributed by atoms with E-state index >= 15 is 0 Å². The van der Waals surface area contributed by atoms with Crippen molar-refractivity contribution in [2.24, 2.45) is 92.4 Å². The summed E-state index contributed by atoms with van der Waals surface area (Å²) < 4.78 is 5.86. The molecule has 1 aliphatic heterocycles. The van der Waals surface area contributed by atoms with Crippen LogP contribution < -0.4 is 11.5 Å². The maximum absolute atomic E-state index is 14.3. The number of nitrogens with two attached hydrogens (primary N) is 2. The number of cyclic esters (lactones) is 1. The minimum absolute atomic E-state index is 0.0256. The van der Waals surface area contributed by atoms with Crippen molar-refractivity contribution < 1.29 is 45.0 Å². The van der Waals surface area contributed by atoms with E-state index in [0.717, 1.165) is 31.2 Å². The highest BCUT2D eigenvalue weighted by molar-refractivity contribution is 5.95. The van der Waals surface area contributed by atoms with Gasteiger partial charge in [-0.3, -0.25) is 14.6 Å². The number of nitrogens with one attached hydrogen (secondary N) is 1. The maximum atomic E-state index is 14.3. The minimum Gasteiger partial charge on any atom is -0.465 e. The van der Waals surface area contributed by atoms with Crippen LogP contribution in [0.2, 0.25) is 0 Å². The quantitative estimate of drug-likeness (QED) is 0.0653. The number of ether oxygens (including phenoxy) is 1. The van der Waals surface area contributed by atoms with E-state index in [-0.39, 0.29) is 117 Å². The maximum Gasteiger partial charge on any atom is 0.313 e. The predicted molar refractivity (Wildman–Crippen MR) is 239 cm³/mol. The lowest BCUT2D eigenvalue weighted by atomic mass is 9.44. The summed E-state index contributed by atoms with van der Waals surface area (Å²) in [4.78, 5) is 35.4. The number of hydrogen-bond donors (Lipinski definition) is 9. The Morgan fingerprint density at radius 2 is 1.80 bits per heavy atom. The third-order valence-corrected chi connectivity index (χ3v) is 19.1. The molecule has 350 valence electrons. The fourth-order valence-corrected chi connectivity index (χ4v) is 16.0. The van der Waals surface area contributed by atoms with Crippen molar-refractivity contribution in [1.82, 2.24) is 4.98 Å². The molecule has 19 atom stereocenters. The molecule has 7 aliphatic carbocycles. The second-order valence-corrected chi connectivity index (χ2v) is 22.3. The molecular formula is C51H72N4O9. The molecule has 1 aromatic heterocycles. The van der Waals surface area contributed by atoms with Gasteiger partial charge in [0.2, 0.25) is 0 Å². The number of aliphatic imine (C=N–C) groups is 1. The van der Waals surface area contributed by atoms with Crippen molar-refractivity contribution in [1.29, 1.82) is 0 Å². The van der Waals surface area contributed by atoms with Gasteiger partial charge in [-0.15, -0.1) is 5.92 Å². The van der Waals surface area contributed by atoms with E-state index in [1.165, 1.54) is 5.57 Å². The van der Waals surface area contributed by atoms with E-state index in [2.05, 4.69) is 34.8 Å². The Balaban J connectivity index is 1.18. The van der Waals surface area contributed by atoms with E-state index in [9.17, 15) is 40.2 Å². The Morgan fingerprint density at radius 1 is 1.00 bits per heavy atom. The summed E-state index contributed by atoms with van der Waals surface area (Å²) in [6, 6.07) is 1.93. The largest absolute Gasteiger partial charge is 0.465 e. The molecule has 19 unspecified atom stereocenters. The number of hydrogen-bond acceptors (Lipinski definition) is 10. The first-order valence-corrected chi connectivity index (χ1v) is 24.3. The Kier molecular flexibility index (Phi) is 12.1. The number of aromatic nitrogens is 1. The van der Waals surface area contributed by atoms with Gasteiger partial charge in [0.1, 0.15) is 0 Å². The number of guanidine groups is 1. The van der Waals surface area contributed by atoms with Crippen LogP contribution in [0, 0.1) is 87.8 Å². The normalized spacial score (nSPS) is 47.7. The van der Waals surface area contributed by atoms with E-state index in [1.807, 2.05) is 25.4 Å². The molecule has 13 heteroatoms. The SMILES string of the molecule is CC1CCC2=CCC3C(CO)CC(O)C(C)(O)C4C(CC#CC(C5COC(=O)C5c5cc[nH]c5)CC3C2C1)CC1(O)C2=CC(=O)C3CC(O)C(O)CC3(C)C2CCC41CCN=C(N)N. The van der Waals surface area contributed by atoms with Crippen molar-refractivity contribution in [2.45, 2.75) is 140 Å². The summed E-state index contributed by atoms with van der Waals surface area (Å²) in [6.45, 7) is 6.18. The number of H-pyrrole nitrogens is 1. The average molecular weight is 885 g/mol. The summed E-state index contributed by atoms with van der Waals surface area (Å²) >= 11 is 0. The van der Waals surface area contributed by atoms with E-state index in [4.69, 9.17) is 16.2 Å². The molecule has 0 spiro atoms. The molecule has 5 fully saturated rings. The van der Waals surface area contributed by atoms with Gasteiger partial charge in [-0.25, -0.2) is 0 Å². The van der Waals surface area contributed by atoms with Crippen molar-refractivity contribution in [3.8, 4) is 11.8 Å². The zero-order valence-corrected chi connectivity index (χ0v) is 37.9. The molecule has 8 aliphatic rings. The number of rotatable bonds is 6. The highest BCUT2D eigenvalue weighted by Crippen LogP contribution is 2.72. The lowest BCUT2D eigenvalue weighted by molar-refractivity contribution is -0.189.